The lowest BCUT2D eigenvalue weighted by Crippen LogP contribution is -2.55. The summed E-state index contributed by atoms with van der Waals surface area (Å²) in [6.07, 6.45) is 6.83. The molecule has 7 heteroatoms. The van der Waals surface area contributed by atoms with Gasteiger partial charge in [0.1, 0.15) is 6.04 Å². The van der Waals surface area contributed by atoms with Gasteiger partial charge in [0.2, 0.25) is 5.91 Å². The normalized spacial score (nSPS) is 24.1. The summed E-state index contributed by atoms with van der Waals surface area (Å²) in [5.74, 6) is -0.0454. The summed E-state index contributed by atoms with van der Waals surface area (Å²) in [5, 5.41) is 0.782. The maximum atomic E-state index is 13.2. The number of hydrogen-bond donors (Lipinski definition) is 0. The molecule has 4 rings (SSSR count). The fraction of sp³-hybridized carbons (Fsp3) is 0.619. The number of nitrogens with zero attached hydrogens (tertiary/aromatic N) is 3. The Balaban J connectivity index is 1.39. The van der Waals surface area contributed by atoms with E-state index in [2.05, 4.69) is 4.90 Å². The molecule has 2 heterocycles. The average molecular weight is 424 g/mol. The number of carbonyl (C=O) groups is 2. The highest BCUT2D eigenvalue weighted by atomic mass is 35.5. The number of carbonyl (C=O) groups excluding carboxylic acids is 2. The molecule has 3 fully saturated rings. The number of halogens is 2. The van der Waals surface area contributed by atoms with Crippen LogP contribution in [0.2, 0.25) is 10.0 Å². The van der Waals surface area contributed by atoms with Crippen LogP contribution in [0.3, 0.4) is 0 Å². The van der Waals surface area contributed by atoms with E-state index in [1.807, 2.05) is 4.90 Å². The Morgan fingerprint density at radius 3 is 2.25 bits per heavy atom. The van der Waals surface area contributed by atoms with Crippen molar-refractivity contribution in [2.75, 3.05) is 32.7 Å². The monoisotopic (exact) mass is 423 g/mol. The summed E-state index contributed by atoms with van der Waals surface area (Å²) < 4.78 is 0. The Labute approximate surface area is 176 Å². The van der Waals surface area contributed by atoms with E-state index < -0.39 is 0 Å². The van der Waals surface area contributed by atoms with Crippen LogP contribution in [0, 0.1) is 0 Å². The van der Waals surface area contributed by atoms with Gasteiger partial charge in [-0.2, -0.15) is 0 Å². The lowest BCUT2D eigenvalue weighted by molar-refractivity contribution is -0.137. The summed E-state index contributed by atoms with van der Waals surface area (Å²) in [6, 6.07) is 5.24. The van der Waals surface area contributed by atoms with Crippen molar-refractivity contribution in [1.82, 2.24) is 14.7 Å². The molecule has 3 aliphatic rings. The van der Waals surface area contributed by atoms with E-state index >= 15 is 0 Å². The molecule has 2 aliphatic heterocycles. The van der Waals surface area contributed by atoms with Gasteiger partial charge < -0.3 is 9.80 Å². The van der Waals surface area contributed by atoms with Crippen molar-refractivity contribution in [3.05, 3.63) is 33.8 Å². The fourth-order valence-electron chi connectivity index (χ4n) is 4.85. The molecular formula is C21H27Cl2N3O2. The lowest BCUT2D eigenvalue weighted by Gasteiger charge is -2.39. The number of benzene rings is 1. The van der Waals surface area contributed by atoms with Crippen molar-refractivity contribution >= 4 is 35.0 Å². The van der Waals surface area contributed by atoms with Crippen molar-refractivity contribution in [2.45, 2.75) is 50.6 Å². The zero-order valence-electron chi connectivity index (χ0n) is 16.1. The number of hydrogen-bond acceptors (Lipinski definition) is 3. The predicted octanol–water partition coefficient (Wildman–Crippen LogP) is 3.68. The van der Waals surface area contributed by atoms with Gasteiger partial charge in [0.15, 0.2) is 0 Å². The van der Waals surface area contributed by atoms with Gasteiger partial charge in [0.25, 0.3) is 5.91 Å². The van der Waals surface area contributed by atoms with Gasteiger partial charge in [-0.3, -0.25) is 14.5 Å². The molecule has 1 unspecified atom stereocenters. The summed E-state index contributed by atoms with van der Waals surface area (Å²) in [6.45, 7) is 4.03. The van der Waals surface area contributed by atoms with E-state index in [0.29, 0.717) is 28.2 Å². The highest BCUT2D eigenvalue weighted by Gasteiger charge is 2.38. The molecule has 0 radical (unpaired) electrons. The Morgan fingerprint density at radius 2 is 1.57 bits per heavy atom. The summed E-state index contributed by atoms with van der Waals surface area (Å²) >= 11 is 12.0. The van der Waals surface area contributed by atoms with Crippen LogP contribution in [0.15, 0.2) is 18.2 Å². The molecule has 2 saturated heterocycles. The van der Waals surface area contributed by atoms with Crippen LogP contribution in [0.1, 0.15) is 48.9 Å². The van der Waals surface area contributed by atoms with E-state index in [1.165, 1.54) is 25.7 Å². The zero-order valence-corrected chi connectivity index (χ0v) is 17.6. The summed E-state index contributed by atoms with van der Waals surface area (Å²) in [7, 11) is 0. The highest BCUT2D eigenvalue weighted by Crippen LogP contribution is 2.28. The molecule has 0 aromatic heterocycles. The van der Waals surface area contributed by atoms with E-state index in [9.17, 15) is 9.59 Å². The minimum Gasteiger partial charge on any atom is -0.338 e. The molecule has 2 amide bonds. The summed E-state index contributed by atoms with van der Waals surface area (Å²) in [4.78, 5) is 32.4. The Hall–Kier alpha value is -1.30. The number of likely N-dealkylation sites (tertiary alicyclic amines) is 1. The van der Waals surface area contributed by atoms with Gasteiger partial charge in [0.05, 0.1) is 10.0 Å². The van der Waals surface area contributed by atoms with Gasteiger partial charge >= 0.3 is 0 Å². The molecule has 1 saturated carbocycles. The van der Waals surface area contributed by atoms with E-state index in [4.69, 9.17) is 23.2 Å². The van der Waals surface area contributed by atoms with E-state index in [1.54, 1.807) is 23.1 Å². The molecule has 1 aliphatic carbocycles. The second-order valence-electron chi connectivity index (χ2n) is 8.08. The third-order valence-corrected chi connectivity index (χ3v) is 7.17. The number of piperazine rings is 1. The van der Waals surface area contributed by atoms with E-state index in [-0.39, 0.29) is 17.9 Å². The molecule has 28 heavy (non-hydrogen) atoms. The number of rotatable bonds is 3. The Bertz CT molecular complexity index is 743. The molecule has 0 spiro atoms. The van der Waals surface area contributed by atoms with Crippen molar-refractivity contribution in [1.29, 1.82) is 0 Å². The van der Waals surface area contributed by atoms with Gasteiger partial charge in [-0.1, -0.05) is 36.0 Å². The largest absolute Gasteiger partial charge is 0.338 e. The van der Waals surface area contributed by atoms with Gasteiger partial charge in [-0.15, -0.1) is 0 Å². The van der Waals surface area contributed by atoms with Crippen molar-refractivity contribution < 1.29 is 9.59 Å². The first-order valence-corrected chi connectivity index (χ1v) is 11.1. The number of amides is 2. The molecule has 0 bridgehead atoms. The highest BCUT2D eigenvalue weighted by molar-refractivity contribution is 6.42. The molecule has 1 aromatic carbocycles. The second kappa shape index (κ2) is 8.60. The zero-order chi connectivity index (χ0) is 19.7. The predicted molar refractivity (Wildman–Crippen MR) is 111 cm³/mol. The molecule has 1 atom stereocenters. The third kappa shape index (κ3) is 4.03. The Kier molecular flexibility index (Phi) is 6.14. The molecular weight excluding hydrogens is 397 g/mol. The molecule has 152 valence electrons. The second-order valence-corrected chi connectivity index (χ2v) is 8.90. The first-order chi connectivity index (χ1) is 13.5. The van der Waals surface area contributed by atoms with Crippen LogP contribution in [0.5, 0.6) is 0 Å². The topological polar surface area (TPSA) is 43.9 Å². The van der Waals surface area contributed by atoms with Crippen molar-refractivity contribution in [2.24, 2.45) is 0 Å². The van der Waals surface area contributed by atoms with Crippen LogP contribution in [-0.2, 0) is 4.79 Å². The van der Waals surface area contributed by atoms with Crippen LogP contribution in [-0.4, -0.2) is 71.3 Å². The molecule has 0 N–H and O–H groups in total. The van der Waals surface area contributed by atoms with Crippen LogP contribution in [0.25, 0.3) is 0 Å². The molecule has 5 nitrogen and oxygen atoms in total. The summed E-state index contributed by atoms with van der Waals surface area (Å²) in [5.41, 5.74) is 0.486. The van der Waals surface area contributed by atoms with Crippen molar-refractivity contribution in [3.63, 3.8) is 0 Å². The minimum atomic E-state index is -0.361. The minimum absolute atomic E-state index is 0.0944. The molecule has 1 aromatic rings. The van der Waals surface area contributed by atoms with Crippen molar-refractivity contribution in [3.8, 4) is 0 Å². The lowest BCUT2D eigenvalue weighted by atomic mass is 10.1. The van der Waals surface area contributed by atoms with Gasteiger partial charge in [-0.05, 0) is 43.9 Å². The third-order valence-electron chi connectivity index (χ3n) is 6.43. The average Bonchev–Trinajstić information content (AvgIpc) is 3.41. The standard InChI is InChI=1S/C21H27Cl2N3O2/c22-17-8-7-15(14-18(17)23)20(27)26-9-3-6-19(26)21(28)25-12-10-24(11-13-25)16-4-1-2-5-16/h7-8,14,16,19H,1-6,9-13H2. The smallest absolute Gasteiger partial charge is 0.254 e. The SMILES string of the molecule is O=C(C1CCCN1C(=O)c1ccc(Cl)c(Cl)c1)N1CCN(C2CCCC2)CC1. The van der Waals surface area contributed by atoms with E-state index in [0.717, 1.165) is 39.0 Å². The van der Waals surface area contributed by atoms with Crippen LogP contribution >= 0.6 is 23.2 Å². The Morgan fingerprint density at radius 1 is 0.857 bits per heavy atom. The first kappa shape index (κ1) is 20.0. The maximum Gasteiger partial charge on any atom is 0.254 e. The van der Waals surface area contributed by atoms with Crippen LogP contribution in [0.4, 0.5) is 0 Å². The fourth-order valence-corrected chi connectivity index (χ4v) is 5.15. The maximum absolute atomic E-state index is 13.2. The van der Waals surface area contributed by atoms with Gasteiger partial charge in [-0.25, -0.2) is 0 Å². The van der Waals surface area contributed by atoms with Gasteiger partial charge in [0, 0.05) is 44.3 Å². The quantitative estimate of drug-likeness (QED) is 0.744. The first-order valence-electron chi connectivity index (χ1n) is 10.3. The van der Waals surface area contributed by atoms with Crippen LogP contribution < -0.4 is 0 Å².